The van der Waals surface area contributed by atoms with Crippen LogP contribution in [0, 0.1) is 20.8 Å². The summed E-state index contributed by atoms with van der Waals surface area (Å²) in [4.78, 5) is 11.9. The zero-order chi connectivity index (χ0) is 18.2. The predicted molar refractivity (Wildman–Crippen MR) is 99.5 cm³/mol. The molecule has 2 aromatic rings. The monoisotopic (exact) mass is 340 g/mol. The molecular formula is C20H24N2O3. The lowest BCUT2D eigenvalue weighted by molar-refractivity contribution is -0.123. The molecule has 0 radical (unpaired) electrons. The van der Waals surface area contributed by atoms with E-state index in [1.165, 1.54) is 5.56 Å². The molecule has 5 nitrogen and oxygen atoms in total. The van der Waals surface area contributed by atoms with Gasteiger partial charge in [-0.05, 0) is 68.7 Å². The average Bonchev–Trinajstić information content (AvgIpc) is 2.56. The van der Waals surface area contributed by atoms with Crippen LogP contribution in [0.15, 0.2) is 41.5 Å². The first-order chi connectivity index (χ1) is 12.0. The third-order valence-corrected chi connectivity index (χ3v) is 3.55. The summed E-state index contributed by atoms with van der Waals surface area (Å²) in [5, 5.41) is 3.94. The van der Waals surface area contributed by atoms with Crippen LogP contribution in [0.1, 0.15) is 29.2 Å². The van der Waals surface area contributed by atoms with Crippen LogP contribution in [0.2, 0.25) is 0 Å². The fourth-order valence-electron chi connectivity index (χ4n) is 2.56. The first-order valence-corrected chi connectivity index (χ1v) is 8.25. The Morgan fingerprint density at radius 3 is 2.32 bits per heavy atom. The number of nitrogens with zero attached hydrogens (tertiary/aromatic N) is 1. The summed E-state index contributed by atoms with van der Waals surface area (Å²) in [6.45, 7) is 8.46. The van der Waals surface area contributed by atoms with Crippen molar-refractivity contribution >= 4 is 12.1 Å². The third-order valence-electron chi connectivity index (χ3n) is 3.55. The van der Waals surface area contributed by atoms with E-state index in [-0.39, 0.29) is 12.5 Å². The number of carbonyl (C=O) groups excluding carboxylic acids is 1. The van der Waals surface area contributed by atoms with E-state index in [4.69, 9.17) is 9.47 Å². The molecule has 0 atom stereocenters. The Morgan fingerprint density at radius 1 is 1.08 bits per heavy atom. The second-order valence-corrected chi connectivity index (χ2v) is 5.81. The van der Waals surface area contributed by atoms with Crippen LogP contribution in [0.25, 0.3) is 0 Å². The minimum atomic E-state index is -0.304. The molecule has 0 bridgehead atoms. The number of hydrazone groups is 1. The van der Waals surface area contributed by atoms with E-state index in [1.54, 1.807) is 6.21 Å². The van der Waals surface area contributed by atoms with Crippen molar-refractivity contribution in [1.29, 1.82) is 0 Å². The lowest BCUT2D eigenvalue weighted by Gasteiger charge is -2.12. The molecule has 5 heteroatoms. The highest BCUT2D eigenvalue weighted by Gasteiger charge is 2.07. The Hall–Kier alpha value is -2.82. The molecule has 0 aromatic heterocycles. The lowest BCUT2D eigenvalue weighted by Crippen LogP contribution is -2.25. The first kappa shape index (κ1) is 18.5. The molecule has 0 spiro atoms. The minimum absolute atomic E-state index is 0.0780. The lowest BCUT2D eigenvalue weighted by atomic mass is 10.1. The minimum Gasteiger partial charge on any atom is -0.494 e. The zero-order valence-corrected chi connectivity index (χ0v) is 15.1. The maximum Gasteiger partial charge on any atom is 0.277 e. The van der Waals surface area contributed by atoms with Crippen LogP contribution in [0.3, 0.4) is 0 Å². The van der Waals surface area contributed by atoms with Crippen LogP contribution in [-0.4, -0.2) is 25.3 Å². The van der Waals surface area contributed by atoms with Gasteiger partial charge < -0.3 is 9.47 Å². The molecule has 0 aliphatic carbocycles. The fraction of sp³-hybridized carbons (Fsp3) is 0.300. The topological polar surface area (TPSA) is 59.9 Å². The molecule has 2 rings (SSSR count). The summed E-state index contributed by atoms with van der Waals surface area (Å²) in [5.74, 6) is 1.25. The van der Waals surface area contributed by atoms with E-state index in [2.05, 4.69) is 10.5 Å². The van der Waals surface area contributed by atoms with Crippen molar-refractivity contribution in [2.75, 3.05) is 13.2 Å². The van der Waals surface area contributed by atoms with Crippen LogP contribution < -0.4 is 14.9 Å². The van der Waals surface area contributed by atoms with Gasteiger partial charge in [-0.1, -0.05) is 17.7 Å². The zero-order valence-electron chi connectivity index (χ0n) is 15.1. The molecule has 0 fully saturated rings. The van der Waals surface area contributed by atoms with Crippen molar-refractivity contribution < 1.29 is 14.3 Å². The second kappa shape index (κ2) is 8.87. The van der Waals surface area contributed by atoms with Crippen molar-refractivity contribution in [3.05, 3.63) is 58.7 Å². The van der Waals surface area contributed by atoms with Crippen molar-refractivity contribution in [3.8, 4) is 11.5 Å². The van der Waals surface area contributed by atoms with Crippen molar-refractivity contribution in [3.63, 3.8) is 0 Å². The quantitative estimate of drug-likeness (QED) is 0.619. The van der Waals surface area contributed by atoms with Crippen LogP contribution in [-0.2, 0) is 4.79 Å². The Morgan fingerprint density at radius 2 is 1.72 bits per heavy atom. The summed E-state index contributed by atoms with van der Waals surface area (Å²) < 4.78 is 11.0. The van der Waals surface area contributed by atoms with E-state index < -0.39 is 0 Å². The van der Waals surface area contributed by atoms with Crippen LogP contribution in [0.5, 0.6) is 11.5 Å². The SMILES string of the molecule is CCOc1ccc(/C=N\NC(=O)COc2c(C)cc(C)cc2C)cc1. The average molecular weight is 340 g/mol. The molecule has 132 valence electrons. The number of nitrogens with one attached hydrogen (secondary N) is 1. The molecule has 0 saturated heterocycles. The summed E-state index contributed by atoms with van der Waals surface area (Å²) in [6, 6.07) is 11.5. The molecule has 2 aromatic carbocycles. The van der Waals surface area contributed by atoms with Gasteiger partial charge in [-0.15, -0.1) is 0 Å². The standard InChI is InChI=1S/C20H24N2O3/c1-5-24-18-8-6-17(7-9-18)12-21-22-19(23)13-25-20-15(3)10-14(2)11-16(20)4/h6-12H,5,13H2,1-4H3,(H,22,23)/b21-12-. The Balaban J connectivity index is 1.84. The maximum absolute atomic E-state index is 11.9. The van der Waals surface area contributed by atoms with Crippen LogP contribution >= 0.6 is 0 Å². The molecule has 0 heterocycles. The number of rotatable bonds is 7. The van der Waals surface area contributed by atoms with Crippen molar-refractivity contribution in [2.45, 2.75) is 27.7 Å². The molecule has 0 unspecified atom stereocenters. The maximum atomic E-state index is 11.9. The molecule has 0 saturated carbocycles. The van der Waals surface area contributed by atoms with Gasteiger partial charge in [0.1, 0.15) is 11.5 Å². The predicted octanol–water partition coefficient (Wildman–Crippen LogP) is 3.54. The molecule has 0 aliphatic rings. The summed E-state index contributed by atoms with van der Waals surface area (Å²) >= 11 is 0. The van der Waals surface area contributed by atoms with Gasteiger partial charge in [0.25, 0.3) is 5.91 Å². The van der Waals surface area contributed by atoms with Gasteiger partial charge in [-0.25, -0.2) is 5.43 Å². The summed E-state index contributed by atoms with van der Waals surface area (Å²) in [6.07, 6.45) is 1.58. The third kappa shape index (κ3) is 5.64. The summed E-state index contributed by atoms with van der Waals surface area (Å²) in [5.41, 5.74) is 6.54. The van der Waals surface area contributed by atoms with Gasteiger partial charge in [0.2, 0.25) is 0 Å². The normalized spacial score (nSPS) is 10.7. The molecule has 1 N–H and O–H groups in total. The highest BCUT2D eigenvalue weighted by Crippen LogP contribution is 2.24. The molecular weight excluding hydrogens is 316 g/mol. The Kier molecular flexibility index (Phi) is 6.57. The number of amides is 1. The second-order valence-electron chi connectivity index (χ2n) is 5.81. The van der Waals surface area contributed by atoms with Crippen molar-refractivity contribution in [2.24, 2.45) is 5.10 Å². The number of hydrogen-bond donors (Lipinski definition) is 1. The van der Waals surface area contributed by atoms with E-state index in [0.29, 0.717) is 6.61 Å². The first-order valence-electron chi connectivity index (χ1n) is 8.25. The van der Waals surface area contributed by atoms with E-state index in [9.17, 15) is 4.79 Å². The van der Waals surface area contributed by atoms with Crippen LogP contribution in [0.4, 0.5) is 0 Å². The number of ether oxygens (including phenoxy) is 2. The Labute approximate surface area is 148 Å². The largest absolute Gasteiger partial charge is 0.494 e. The number of hydrogen-bond acceptors (Lipinski definition) is 4. The smallest absolute Gasteiger partial charge is 0.277 e. The van der Waals surface area contributed by atoms with E-state index in [1.807, 2.05) is 64.1 Å². The molecule has 1 amide bonds. The van der Waals surface area contributed by atoms with Gasteiger partial charge >= 0.3 is 0 Å². The molecule has 25 heavy (non-hydrogen) atoms. The number of carbonyl (C=O) groups is 1. The molecule has 0 aliphatic heterocycles. The van der Waals surface area contributed by atoms with Crippen molar-refractivity contribution in [1.82, 2.24) is 5.43 Å². The van der Waals surface area contributed by atoms with E-state index in [0.717, 1.165) is 28.2 Å². The number of aryl methyl sites for hydroxylation is 3. The van der Waals surface area contributed by atoms with Gasteiger partial charge in [0.15, 0.2) is 6.61 Å². The fourth-order valence-corrected chi connectivity index (χ4v) is 2.56. The Bertz CT molecular complexity index is 729. The van der Waals surface area contributed by atoms with Gasteiger partial charge in [0, 0.05) is 0 Å². The van der Waals surface area contributed by atoms with Gasteiger partial charge in [-0.3, -0.25) is 4.79 Å². The highest BCUT2D eigenvalue weighted by molar-refractivity contribution is 5.83. The van der Waals surface area contributed by atoms with Gasteiger partial charge in [0.05, 0.1) is 12.8 Å². The highest BCUT2D eigenvalue weighted by atomic mass is 16.5. The van der Waals surface area contributed by atoms with E-state index >= 15 is 0 Å². The summed E-state index contributed by atoms with van der Waals surface area (Å²) in [7, 11) is 0. The number of benzene rings is 2. The van der Waals surface area contributed by atoms with Gasteiger partial charge in [-0.2, -0.15) is 5.10 Å².